The summed E-state index contributed by atoms with van der Waals surface area (Å²) in [6.45, 7) is 8.74. The number of carbonyl (C=O) groups is 1. The molecule has 144 valence electrons. The predicted molar refractivity (Wildman–Crippen MR) is 100 cm³/mol. The van der Waals surface area contributed by atoms with Gasteiger partial charge in [0, 0.05) is 51.9 Å². The minimum Gasteiger partial charge on any atom is -0.336 e. The van der Waals surface area contributed by atoms with Crippen LogP contribution in [0, 0.1) is 6.92 Å². The molecule has 2 heterocycles. The fourth-order valence-corrected chi connectivity index (χ4v) is 4.90. The van der Waals surface area contributed by atoms with Gasteiger partial charge in [0.1, 0.15) is 0 Å². The third-order valence-electron chi connectivity index (χ3n) is 5.17. The first-order valence-corrected chi connectivity index (χ1v) is 10.6. The van der Waals surface area contributed by atoms with Crippen LogP contribution in [0.4, 0.5) is 0 Å². The van der Waals surface area contributed by atoms with Crippen LogP contribution in [-0.4, -0.2) is 86.8 Å². The summed E-state index contributed by atoms with van der Waals surface area (Å²) >= 11 is 0. The Morgan fingerprint density at radius 1 is 1.12 bits per heavy atom. The van der Waals surface area contributed by atoms with E-state index in [9.17, 15) is 13.2 Å². The van der Waals surface area contributed by atoms with Crippen molar-refractivity contribution in [3.63, 3.8) is 0 Å². The molecule has 3 rings (SSSR count). The molecule has 0 aliphatic carbocycles. The first-order valence-electron chi connectivity index (χ1n) is 9.17. The van der Waals surface area contributed by atoms with E-state index in [1.54, 1.807) is 12.1 Å². The van der Waals surface area contributed by atoms with Gasteiger partial charge in [-0.15, -0.1) is 0 Å². The van der Waals surface area contributed by atoms with E-state index in [2.05, 4.69) is 17.1 Å². The Bertz CT molecular complexity index is 727. The topological polar surface area (TPSA) is 73.0 Å². The van der Waals surface area contributed by atoms with Crippen LogP contribution in [0.1, 0.15) is 12.5 Å². The van der Waals surface area contributed by atoms with E-state index < -0.39 is 10.0 Å². The number of sulfonamides is 1. The molecule has 0 unspecified atom stereocenters. The van der Waals surface area contributed by atoms with Crippen LogP contribution in [0.15, 0.2) is 29.2 Å². The van der Waals surface area contributed by atoms with Gasteiger partial charge in [-0.2, -0.15) is 4.31 Å². The number of carbonyl (C=O) groups excluding carboxylic acids is 1. The third kappa shape index (κ3) is 4.25. The Balaban J connectivity index is 1.55. The van der Waals surface area contributed by atoms with E-state index in [1.807, 2.05) is 24.0 Å². The van der Waals surface area contributed by atoms with Gasteiger partial charge in [-0.25, -0.2) is 8.42 Å². The van der Waals surface area contributed by atoms with Crippen LogP contribution < -0.4 is 5.32 Å². The Morgan fingerprint density at radius 3 is 2.38 bits per heavy atom. The van der Waals surface area contributed by atoms with Crippen molar-refractivity contribution in [2.24, 2.45) is 0 Å². The zero-order valence-electron chi connectivity index (χ0n) is 15.5. The Morgan fingerprint density at radius 2 is 1.77 bits per heavy atom. The maximum Gasteiger partial charge on any atom is 0.243 e. The molecule has 26 heavy (non-hydrogen) atoms. The van der Waals surface area contributed by atoms with Gasteiger partial charge in [0.15, 0.2) is 0 Å². The molecule has 1 atom stereocenters. The lowest BCUT2D eigenvalue weighted by Crippen LogP contribution is -2.56. The maximum atomic E-state index is 12.7. The summed E-state index contributed by atoms with van der Waals surface area (Å²) in [5.41, 5.74) is 1.04. The average Bonchev–Trinajstić information content (AvgIpc) is 2.63. The van der Waals surface area contributed by atoms with Crippen molar-refractivity contribution < 1.29 is 13.2 Å². The van der Waals surface area contributed by atoms with Crippen LogP contribution in [-0.2, 0) is 14.8 Å². The monoisotopic (exact) mass is 380 g/mol. The first-order chi connectivity index (χ1) is 12.4. The molecule has 0 spiro atoms. The summed E-state index contributed by atoms with van der Waals surface area (Å²) < 4.78 is 27.0. The highest BCUT2D eigenvalue weighted by Gasteiger charge is 2.30. The number of aryl methyl sites for hydroxylation is 1. The number of rotatable bonds is 4. The van der Waals surface area contributed by atoms with Crippen LogP contribution in [0.5, 0.6) is 0 Å². The lowest BCUT2D eigenvalue weighted by Gasteiger charge is -2.37. The fourth-order valence-electron chi connectivity index (χ4n) is 3.48. The standard InChI is InChI=1S/C18H28N4O3S/c1-15-3-5-17(6-4-15)26(24,25)21-11-9-20(10-12-21)14-18(23)22-8-7-19-13-16(22)2/h3-6,16,19H,7-14H2,1-2H3/t16-/m1/s1. The average molecular weight is 381 g/mol. The van der Waals surface area contributed by atoms with E-state index in [4.69, 9.17) is 0 Å². The summed E-state index contributed by atoms with van der Waals surface area (Å²) in [7, 11) is -3.46. The van der Waals surface area contributed by atoms with Gasteiger partial charge in [0.05, 0.1) is 11.4 Å². The second-order valence-corrected chi connectivity index (χ2v) is 9.07. The molecule has 2 fully saturated rings. The maximum absolute atomic E-state index is 12.7. The fraction of sp³-hybridized carbons (Fsp3) is 0.611. The number of amides is 1. The molecule has 0 bridgehead atoms. The van der Waals surface area contributed by atoms with Crippen LogP contribution in [0.2, 0.25) is 0 Å². The van der Waals surface area contributed by atoms with Gasteiger partial charge in [-0.1, -0.05) is 17.7 Å². The molecule has 0 aromatic heterocycles. The highest BCUT2D eigenvalue weighted by Crippen LogP contribution is 2.18. The largest absolute Gasteiger partial charge is 0.336 e. The Kier molecular flexibility index (Phi) is 5.96. The smallest absolute Gasteiger partial charge is 0.243 e. The SMILES string of the molecule is Cc1ccc(S(=O)(=O)N2CCN(CC(=O)N3CCNC[C@H]3C)CC2)cc1. The molecule has 0 saturated carbocycles. The highest BCUT2D eigenvalue weighted by atomic mass is 32.2. The Labute approximate surface area is 156 Å². The summed E-state index contributed by atoms with van der Waals surface area (Å²) in [6, 6.07) is 7.16. The number of nitrogens with one attached hydrogen (secondary N) is 1. The number of hydrogen-bond donors (Lipinski definition) is 1. The zero-order chi connectivity index (χ0) is 18.7. The van der Waals surface area contributed by atoms with Crippen LogP contribution in [0.25, 0.3) is 0 Å². The molecule has 2 saturated heterocycles. The summed E-state index contributed by atoms with van der Waals surface area (Å²) in [5.74, 6) is 0.133. The van der Waals surface area contributed by atoms with Gasteiger partial charge in [0.25, 0.3) is 0 Å². The molecule has 8 heteroatoms. The van der Waals surface area contributed by atoms with E-state index in [1.165, 1.54) is 4.31 Å². The van der Waals surface area contributed by atoms with Crippen molar-refractivity contribution in [1.29, 1.82) is 0 Å². The summed E-state index contributed by atoms with van der Waals surface area (Å²) in [4.78, 5) is 16.8. The van der Waals surface area contributed by atoms with Gasteiger partial charge >= 0.3 is 0 Å². The molecule has 1 N–H and O–H groups in total. The molecule has 1 amide bonds. The molecule has 2 aliphatic rings. The number of benzene rings is 1. The number of nitrogens with zero attached hydrogens (tertiary/aromatic N) is 3. The molecule has 1 aromatic carbocycles. The minimum absolute atomic E-state index is 0.133. The molecule has 1 aromatic rings. The molecular weight excluding hydrogens is 352 g/mol. The van der Waals surface area contributed by atoms with E-state index in [0.717, 1.165) is 25.2 Å². The predicted octanol–water partition coefficient (Wildman–Crippen LogP) is 0.122. The van der Waals surface area contributed by atoms with Gasteiger partial charge < -0.3 is 10.2 Å². The third-order valence-corrected chi connectivity index (χ3v) is 7.08. The summed E-state index contributed by atoms with van der Waals surface area (Å²) in [6.07, 6.45) is 0. The van der Waals surface area contributed by atoms with E-state index in [-0.39, 0.29) is 11.9 Å². The zero-order valence-corrected chi connectivity index (χ0v) is 16.3. The second-order valence-electron chi connectivity index (χ2n) is 7.13. The van der Waals surface area contributed by atoms with E-state index in [0.29, 0.717) is 37.6 Å². The molecular formula is C18H28N4O3S. The first kappa shape index (κ1) is 19.3. The van der Waals surface area contributed by atoms with Crippen molar-refractivity contribution in [1.82, 2.24) is 19.4 Å². The molecule has 0 radical (unpaired) electrons. The van der Waals surface area contributed by atoms with E-state index >= 15 is 0 Å². The lowest BCUT2D eigenvalue weighted by molar-refractivity contribution is -0.135. The lowest BCUT2D eigenvalue weighted by atomic mass is 10.2. The van der Waals surface area contributed by atoms with Crippen molar-refractivity contribution in [3.8, 4) is 0 Å². The van der Waals surface area contributed by atoms with Crippen molar-refractivity contribution >= 4 is 15.9 Å². The van der Waals surface area contributed by atoms with Crippen LogP contribution >= 0.6 is 0 Å². The quantitative estimate of drug-likeness (QED) is 0.803. The second kappa shape index (κ2) is 8.04. The van der Waals surface area contributed by atoms with Crippen molar-refractivity contribution in [2.45, 2.75) is 24.8 Å². The minimum atomic E-state index is -3.46. The van der Waals surface area contributed by atoms with Gasteiger partial charge in [-0.3, -0.25) is 9.69 Å². The summed E-state index contributed by atoms with van der Waals surface area (Å²) in [5, 5.41) is 3.28. The van der Waals surface area contributed by atoms with Crippen molar-refractivity contribution in [3.05, 3.63) is 29.8 Å². The highest BCUT2D eigenvalue weighted by molar-refractivity contribution is 7.89. The van der Waals surface area contributed by atoms with Crippen molar-refractivity contribution in [2.75, 3.05) is 52.4 Å². The molecule has 2 aliphatic heterocycles. The van der Waals surface area contributed by atoms with Gasteiger partial charge in [0.2, 0.25) is 15.9 Å². The number of piperazine rings is 2. The Hall–Kier alpha value is -1.48. The normalized spacial score (nSPS) is 23.2. The van der Waals surface area contributed by atoms with Crippen LogP contribution in [0.3, 0.4) is 0 Å². The molecule has 7 nitrogen and oxygen atoms in total. The number of hydrogen-bond acceptors (Lipinski definition) is 5. The van der Waals surface area contributed by atoms with Gasteiger partial charge in [-0.05, 0) is 26.0 Å².